The second-order valence-corrected chi connectivity index (χ2v) is 4.82. The number of hydrazine groups is 1. The molecule has 0 aliphatic rings. The summed E-state index contributed by atoms with van der Waals surface area (Å²) in [5, 5.41) is 2.39. The molecule has 3 rings (SSSR count). The molecule has 0 saturated heterocycles. The Morgan fingerprint density at radius 3 is 2.67 bits per heavy atom. The number of methoxy groups -OCH3 is 1. The van der Waals surface area contributed by atoms with Gasteiger partial charge in [0.15, 0.2) is 0 Å². The van der Waals surface area contributed by atoms with E-state index in [-0.39, 0.29) is 6.04 Å². The normalized spacial score (nSPS) is 12.3. The minimum absolute atomic E-state index is 0.146. The van der Waals surface area contributed by atoms with Crippen LogP contribution in [0.3, 0.4) is 0 Å². The van der Waals surface area contributed by atoms with Crippen molar-refractivity contribution < 1.29 is 4.74 Å². The number of ether oxygens (including phenoxy) is 1. The molecule has 0 amide bonds. The summed E-state index contributed by atoms with van der Waals surface area (Å²) < 4.78 is 5.38. The first-order valence-electron chi connectivity index (χ1n) is 6.76. The van der Waals surface area contributed by atoms with Gasteiger partial charge in [-0.3, -0.25) is 10.8 Å². The maximum atomic E-state index is 5.78. The highest BCUT2D eigenvalue weighted by atomic mass is 16.5. The number of pyridine rings is 1. The van der Waals surface area contributed by atoms with Gasteiger partial charge in [0.05, 0.1) is 19.3 Å². The van der Waals surface area contributed by atoms with Crippen LogP contribution in [-0.4, -0.2) is 12.1 Å². The molecule has 0 fully saturated rings. The van der Waals surface area contributed by atoms with Gasteiger partial charge in [-0.05, 0) is 28.5 Å². The Labute approximate surface area is 123 Å². The topological polar surface area (TPSA) is 60.2 Å². The van der Waals surface area contributed by atoms with Gasteiger partial charge in [0.2, 0.25) is 0 Å². The molecular formula is C17H17N3O. The SMILES string of the molecule is COc1cnccc1C(NN)c1ccc2ccccc2c1. The van der Waals surface area contributed by atoms with Crippen LogP contribution in [0.15, 0.2) is 60.9 Å². The first-order chi connectivity index (χ1) is 10.3. The first kappa shape index (κ1) is 13.5. The van der Waals surface area contributed by atoms with E-state index in [9.17, 15) is 0 Å². The lowest BCUT2D eigenvalue weighted by atomic mass is 9.97. The van der Waals surface area contributed by atoms with E-state index in [1.165, 1.54) is 10.8 Å². The molecule has 0 bridgehead atoms. The number of aromatic nitrogens is 1. The van der Waals surface area contributed by atoms with E-state index in [0.717, 1.165) is 11.1 Å². The average Bonchev–Trinajstić information content (AvgIpc) is 2.56. The summed E-state index contributed by atoms with van der Waals surface area (Å²) in [5.74, 6) is 6.49. The van der Waals surface area contributed by atoms with Crippen LogP contribution in [0.5, 0.6) is 5.75 Å². The van der Waals surface area contributed by atoms with E-state index >= 15 is 0 Å². The molecule has 1 aromatic heterocycles. The number of nitrogens with two attached hydrogens (primary N) is 1. The maximum absolute atomic E-state index is 5.78. The molecule has 2 aromatic carbocycles. The summed E-state index contributed by atoms with van der Waals surface area (Å²) >= 11 is 0. The van der Waals surface area contributed by atoms with Crippen LogP contribution in [0.4, 0.5) is 0 Å². The van der Waals surface area contributed by atoms with Gasteiger partial charge >= 0.3 is 0 Å². The van der Waals surface area contributed by atoms with Crippen LogP contribution < -0.4 is 16.0 Å². The van der Waals surface area contributed by atoms with Crippen LogP contribution in [-0.2, 0) is 0 Å². The monoisotopic (exact) mass is 279 g/mol. The fourth-order valence-electron chi connectivity index (χ4n) is 2.55. The standard InChI is InChI=1S/C17H17N3O/c1-21-16-11-19-9-8-15(16)17(20-18)14-7-6-12-4-2-3-5-13(12)10-14/h2-11,17,20H,18H2,1H3. The van der Waals surface area contributed by atoms with Crippen molar-refractivity contribution in [3.05, 3.63) is 72.1 Å². The third kappa shape index (κ3) is 2.59. The summed E-state index contributed by atoms with van der Waals surface area (Å²) in [6.45, 7) is 0. The summed E-state index contributed by atoms with van der Waals surface area (Å²) in [7, 11) is 1.63. The first-order valence-corrected chi connectivity index (χ1v) is 6.76. The summed E-state index contributed by atoms with van der Waals surface area (Å²) in [4.78, 5) is 4.08. The van der Waals surface area contributed by atoms with Crippen molar-refractivity contribution in [1.29, 1.82) is 0 Å². The maximum Gasteiger partial charge on any atom is 0.142 e. The van der Waals surface area contributed by atoms with E-state index in [1.807, 2.05) is 18.2 Å². The molecule has 0 spiro atoms. The van der Waals surface area contributed by atoms with E-state index in [0.29, 0.717) is 5.75 Å². The molecule has 0 aliphatic heterocycles. The molecular weight excluding hydrogens is 262 g/mol. The second-order valence-electron chi connectivity index (χ2n) is 4.82. The largest absolute Gasteiger partial charge is 0.495 e. The number of rotatable bonds is 4. The number of benzene rings is 2. The minimum atomic E-state index is -0.146. The van der Waals surface area contributed by atoms with Crippen molar-refractivity contribution in [3.8, 4) is 5.75 Å². The quantitative estimate of drug-likeness (QED) is 0.569. The molecule has 4 nitrogen and oxygen atoms in total. The Morgan fingerprint density at radius 1 is 1.10 bits per heavy atom. The summed E-state index contributed by atoms with van der Waals surface area (Å²) in [6.07, 6.45) is 3.43. The molecule has 4 heteroatoms. The predicted octanol–water partition coefficient (Wildman–Crippen LogP) is 2.80. The van der Waals surface area contributed by atoms with Crippen molar-refractivity contribution in [2.45, 2.75) is 6.04 Å². The van der Waals surface area contributed by atoms with E-state index in [1.54, 1.807) is 19.5 Å². The molecule has 0 aliphatic carbocycles. The van der Waals surface area contributed by atoms with Gasteiger partial charge in [0.1, 0.15) is 5.75 Å². The Morgan fingerprint density at radius 2 is 1.90 bits per heavy atom. The zero-order valence-corrected chi connectivity index (χ0v) is 11.8. The third-order valence-corrected chi connectivity index (χ3v) is 3.62. The van der Waals surface area contributed by atoms with Gasteiger partial charge in [-0.1, -0.05) is 36.4 Å². The fraction of sp³-hybridized carbons (Fsp3) is 0.118. The Hall–Kier alpha value is -2.43. The molecule has 3 N–H and O–H groups in total. The van der Waals surface area contributed by atoms with Crippen molar-refractivity contribution in [2.75, 3.05) is 7.11 Å². The molecule has 106 valence electrons. The van der Waals surface area contributed by atoms with Gasteiger partial charge in [-0.2, -0.15) is 0 Å². The molecule has 0 saturated carbocycles. The zero-order chi connectivity index (χ0) is 14.7. The van der Waals surface area contributed by atoms with Crippen LogP contribution in [0.2, 0.25) is 0 Å². The summed E-state index contributed by atoms with van der Waals surface area (Å²) in [6, 6.07) is 16.3. The second kappa shape index (κ2) is 5.91. The van der Waals surface area contributed by atoms with E-state index in [2.05, 4.69) is 40.7 Å². The lowest BCUT2D eigenvalue weighted by Gasteiger charge is -2.19. The number of hydrogen-bond acceptors (Lipinski definition) is 4. The van der Waals surface area contributed by atoms with Crippen molar-refractivity contribution in [2.24, 2.45) is 5.84 Å². The smallest absolute Gasteiger partial charge is 0.142 e. The fourth-order valence-corrected chi connectivity index (χ4v) is 2.55. The number of hydrogen-bond donors (Lipinski definition) is 2. The van der Waals surface area contributed by atoms with Crippen molar-refractivity contribution in [3.63, 3.8) is 0 Å². The van der Waals surface area contributed by atoms with Gasteiger partial charge in [-0.15, -0.1) is 0 Å². The lowest BCUT2D eigenvalue weighted by Crippen LogP contribution is -2.29. The van der Waals surface area contributed by atoms with Gasteiger partial charge in [-0.25, -0.2) is 5.43 Å². The molecule has 21 heavy (non-hydrogen) atoms. The van der Waals surface area contributed by atoms with Gasteiger partial charge < -0.3 is 4.74 Å². The van der Waals surface area contributed by atoms with Crippen LogP contribution in [0.1, 0.15) is 17.2 Å². The van der Waals surface area contributed by atoms with Crippen LogP contribution >= 0.6 is 0 Å². The van der Waals surface area contributed by atoms with Crippen LogP contribution in [0, 0.1) is 0 Å². The molecule has 1 heterocycles. The molecule has 3 aromatic rings. The van der Waals surface area contributed by atoms with Crippen LogP contribution in [0.25, 0.3) is 10.8 Å². The van der Waals surface area contributed by atoms with E-state index < -0.39 is 0 Å². The Balaban J connectivity index is 2.09. The number of nitrogens with one attached hydrogen (secondary N) is 1. The van der Waals surface area contributed by atoms with Gasteiger partial charge in [0.25, 0.3) is 0 Å². The molecule has 0 radical (unpaired) electrons. The van der Waals surface area contributed by atoms with Gasteiger partial charge in [0, 0.05) is 11.8 Å². The highest BCUT2D eigenvalue weighted by Crippen LogP contribution is 2.30. The number of fused-ring (bicyclic) bond motifs is 1. The Bertz CT molecular complexity index is 758. The van der Waals surface area contributed by atoms with E-state index in [4.69, 9.17) is 10.6 Å². The third-order valence-electron chi connectivity index (χ3n) is 3.62. The zero-order valence-electron chi connectivity index (χ0n) is 11.8. The minimum Gasteiger partial charge on any atom is -0.495 e. The molecule has 1 atom stereocenters. The lowest BCUT2D eigenvalue weighted by molar-refractivity contribution is 0.402. The predicted molar refractivity (Wildman–Crippen MR) is 83.9 cm³/mol. The Kier molecular flexibility index (Phi) is 3.81. The van der Waals surface area contributed by atoms with Crippen molar-refractivity contribution in [1.82, 2.24) is 10.4 Å². The molecule has 1 unspecified atom stereocenters. The highest BCUT2D eigenvalue weighted by Gasteiger charge is 2.17. The van der Waals surface area contributed by atoms with Crippen molar-refractivity contribution >= 4 is 10.8 Å². The highest BCUT2D eigenvalue weighted by molar-refractivity contribution is 5.83. The number of nitrogens with zero attached hydrogens (tertiary/aromatic N) is 1. The average molecular weight is 279 g/mol. The summed E-state index contributed by atoms with van der Waals surface area (Å²) in [5.41, 5.74) is 4.91.